The minimum absolute atomic E-state index is 0.0199. The Morgan fingerprint density at radius 1 is 1.00 bits per heavy atom. The number of benzene rings is 2. The Bertz CT molecular complexity index is 1800. The molecule has 53 heavy (non-hydrogen) atoms. The zero-order valence-electron chi connectivity index (χ0n) is 31.0. The van der Waals surface area contributed by atoms with Crippen LogP contribution in [-0.4, -0.2) is 88.4 Å². The summed E-state index contributed by atoms with van der Waals surface area (Å²) < 4.78 is 53.3. The monoisotopic (exact) mass is 739 g/mol. The number of aromatic nitrogens is 1. The van der Waals surface area contributed by atoms with Crippen LogP contribution in [0.1, 0.15) is 84.1 Å². The van der Waals surface area contributed by atoms with Crippen molar-refractivity contribution in [2.24, 2.45) is 11.3 Å². The molecule has 11 nitrogen and oxygen atoms in total. The van der Waals surface area contributed by atoms with Gasteiger partial charge in [-0.3, -0.25) is 9.59 Å². The fraction of sp³-hybridized carbons (Fsp3) is 0.538. The fourth-order valence-electron chi connectivity index (χ4n) is 7.68. The van der Waals surface area contributed by atoms with Gasteiger partial charge in [0.2, 0.25) is 11.8 Å². The standard InChI is InChI=1S/C39H48F3N5O6/c1-22(2)33(31-18-32(44-53-31)46-20-39(21-46)11-13-45(14-12-39)37(51)52-38(4,5)6)36(50)47-19-27(48)17-30(47)35(49)43-23(3)24-7-9-25(10-8-24)34-28(41)15-26(40)16-29(34)42/h7-10,15-16,18,22-23,27,30,33,48H,11-14,17,19-21H2,1-6H3,(H,43,49)/t23-,27+,30-,33+/m0/s1. The van der Waals surface area contributed by atoms with Crippen LogP contribution in [0.5, 0.6) is 0 Å². The van der Waals surface area contributed by atoms with E-state index < -0.39 is 53.1 Å². The van der Waals surface area contributed by atoms with E-state index >= 15 is 0 Å². The normalized spacial score (nSPS) is 21.1. The first kappa shape index (κ1) is 38.1. The maximum Gasteiger partial charge on any atom is 0.410 e. The van der Waals surface area contributed by atoms with E-state index in [2.05, 4.69) is 15.4 Å². The molecule has 14 heteroatoms. The summed E-state index contributed by atoms with van der Waals surface area (Å²) in [6, 6.07) is 7.72. The number of likely N-dealkylation sites (tertiary alicyclic amines) is 2. The number of ether oxygens (including phenoxy) is 1. The molecule has 3 saturated heterocycles. The van der Waals surface area contributed by atoms with E-state index in [0.717, 1.165) is 25.9 Å². The first-order valence-electron chi connectivity index (χ1n) is 18.2. The minimum atomic E-state index is -1.02. The zero-order valence-corrected chi connectivity index (χ0v) is 31.0. The Morgan fingerprint density at radius 3 is 2.21 bits per heavy atom. The molecule has 2 N–H and O–H groups in total. The van der Waals surface area contributed by atoms with Gasteiger partial charge in [-0.1, -0.05) is 43.3 Å². The number of β-amino-alcohol motifs (C(OH)–C–C–N with tert-alkyl or cyclic N) is 1. The first-order valence-corrected chi connectivity index (χ1v) is 18.2. The predicted molar refractivity (Wildman–Crippen MR) is 190 cm³/mol. The van der Waals surface area contributed by atoms with E-state index in [4.69, 9.17) is 9.26 Å². The molecule has 286 valence electrons. The molecule has 3 aliphatic heterocycles. The Kier molecular flexibility index (Phi) is 10.6. The lowest BCUT2D eigenvalue weighted by Crippen LogP contribution is -2.61. The number of rotatable bonds is 8. The van der Waals surface area contributed by atoms with Crippen LogP contribution in [0.15, 0.2) is 47.0 Å². The van der Waals surface area contributed by atoms with Crippen LogP contribution in [0.2, 0.25) is 0 Å². The van der Waals surface area contributed by atoms with E-state index in [1.165, 1.54) is 17.0 Å². The topological polar surface area (TPSA) is 128 Å². The molecule has 3 fully saturated rings. The highest BCUT2D eigenvalue weighted by atomic mass is 19.1. The lowest BCUT2D eigenvalue weighted by atomic mass is 9.72. The van der Waals surface area contributed by atoms with Crippen molar-refractivity contribution in [1.82, 2.24) is 20.3 Å². The van der Waals surface area contributed by atoms with Crippen molar-refractivity contribution in [3.8, 4) is 11.1 Å². The molecule has 0 saturated carbocycles. The van der Waals surface area contributed by atoms with E-state index in [0.29, 0.717) is 42.4 Å². The minimum Gasteiger partial charge on any atom is -0.444 e. The molecule has 6 rings (SSSR count). The number of amides is 3. The van der Waals surface area contributed by atoms with Gasteiger partial charge in [-0.15, -0.1) is 0 Å². The highest BCUT2D eigenvalue weighted by molar-refractivity contribution is 5.91. The summed E-state index contributed by atoms with van der Waals surface area (Å²) in [5.74, 6) is -3.82. The number of carbonyl (C=O) groups is 3. The average molecular weight is 740 g/mol. The predicted octanol–water partition coefficient (Wildman–Crippen LogP) is 6.18. The molecule has 3 aromatic rings. The molecular formula is C39H48F3N5O6. The maximum atomic E-state index is 14.3. The highest BCUT2D eigenvalue weighted by Crippen LogP contribution is 2.43. The van der Waals surface area contributed by atoms with Gasteiger partial charge >= 0.3 is 6.09 Å². The molecule has 0 unspecified atom stereocenters. The van der Waals surface area contributed by atoms with Crippen molar-refractivity contribution in [2.45, 2.75) is 90.5 Å². The molecule has 1 aromatic heterocycles. The second kappa shape index (κ2) is 14.7. The van der Waals surface area contributed by atoms with Crippen molar-refractivity contribution >= 4 is 23.7 Å². The summed E-state index contributed by atoms with van der Waals surface area (Å²) in [4.78, 5) is 45.5. The zero-order chi connectivity index (χ0) is 38.4. The number of anilines is 1. The van der Waals surface area contributed by atoms with E-state index in [1.807, 2.05) is 34.6 Å². The summed E-state index contributed by atoms with van der Waals surface area (Å²) in [7, 11) is 0. The molecule has 1 spiro atoms. The molecular weight excluding hydrogens is 691 g/mol. The summed E-state index contributed by atoms with van der Waals surface area (Å²) in [6.45, 7) is 13.8. The average Bonchev–Trinajstić information content (AvgIpc) is 3.69. The van der Waals surface area contributed by atoms with Gasteiger partial charge in [0.15, 0.2) is 11.6 Å². The fourth-order valence-corrected chi connectivity index (χ4v) is 7.68. The highest BCUT2D eigenvalue weighted by Gasteiger charge is 2.48. The lowest BCUT2D eigenvalue weighted by Gasteiger charge is -2.53. The van der Waals surface area contributed by atoms with Crippen LogP contribution in [0.25, 0.3) is 11.1 Å². The smallest absolute Gasteiger partial charge is 0.410 e. The summed E-state index contributed by atoms with van der Waals surface area (Å²) >= 11 is 0. The number of aliphatic hydroxyl groups is 1. The van der Waals surface area contributed by atoms with Crippen molar-refractivity contribution in [1.29, 1.82) is 0 Å². The van der Waals surface area contributed by atoms with Gasteiger partial charge in [-0.25, -0.2) is 18.0 Å². The second-order valence-electron chi connectivity index (χ2n) is 16.1. The Hall–Kier alpha value is -4.59. The van der Waals surface area contributed by atoms with Crippen molar-refractivity contribution in [3.63, 3.8) is 0 Å². The van der Waals surface area contributed by atoms with Gasteiger partial charge in [0.25, 0.3) is 0 Å². The molecule has 0 radical (unpaired) electrons. The number of nitrogens with zero attached hydrogens (tertiary/aromatic N) is 4. The van der Waals surface area contributed by atoms with Crippen LogP contribution in [0.3, 0.4) is 0 Å². The number of piperidine rings is 1. The van der Waals surface area contributed by atoms with Crippen molar-refractivity contribution in [3.05, 3.63) is 71.2 Å². The third kappa shape index (κ3) is 8.17. The van der Waals surface area contributed by atoms with Crippen molar-refractivity contribution < 1.29 is 41.9 Å². The van der Waals surface area contributed by atoms with Crippen LogP contribution in [-0.2, 0) is 14.3 Å². The quantitative estimate of drug-likeness (QED) is 0.281. The molecule has 3 amide bonds. The van der Waals surface area contributed by atoms with E-state index in [-0.39, 0.29) is 47.4 Å². The molecule has 4 atom stereocenters. The summed E-state index contributed by atoms with van der Waals surface area (Å²) in [6.07, 6.45) is 0.560. The van der Waals surface area contributed by atoms with Gasteiger partial charge in [0, 0.05) is 62.8 Å². The van der Waals surface area contributed by atoms with Crippen molar-refractivity contribution in [2.75, 3.05) is 37.6 Å². The van der Waals surface area contributed by atoms with Crippen LogP contribution < -0.4 is 10.2 Å². The molecule has 0 aliphatic carbocycles. The van der Waals surface area contributed by atoms with Gasteiger partial charge in [-0.05, 0) is 57.6 Å². The number of aliphatic hydroxyl groups excluding tert-OH is 1. The number of nitrogens with one attached hydrogen (secondary N) is 1. The van der Waals surface area contributed by atoms with E-state index in [9.17, 15) is 32.7 Å². The largest absolute Gasteiger partial charge is 0.444 e. The number of halogens is 3. The number of carbonyl (C=O) groups excluding carboxylic acids is 3. The van der Waals surface area contributed by atoms with Gasteiger partial charge < -0.3 is 34.4 Å². The summed E-state index contributed by atoms with van der Waals surface area (Å²) in [5, 5.41) is 17.8. The molecule has 3 aliphatic rings. The third-order valence-electron chi connectivity index (χ3n) is 10.5. The maximum absolute atomic E-state index is 14.3. The SMILES string of the molecule is CC(C)[C@@H](C(=O)N1C[C@H](O)C[C@H]1C(=O)N[C@@H](C)c1ccc(-c2c(F)cc(F)cc2F)cc1)c1cc(N2CC3(CCN(C(=O)OC(C)(C)C)CC3)C2)no1. The Morgan fingerprint density at radius 2 is 1.62 bits per heavy atom. The molecule has 0 bridgehead atoms. The summed E-state index contributed by atoms with van der Waals surface area (Å²) in [5.41, 5.74) is 0.0134. The lowest BCUT2D eigenvalue weighted by molar-refractivity contribution is -0.141. The van der Waals surface area contributed by atoms with Gasteiger partial charge in [0.1, 0.15) is 35.0 Å². The van der Waals surface area contributed by atoms with Gasteiger partial charge in [-0.2, -0.15) is 0 Å². The Balaban J connectivity index is 1.07. The van der Waals surface area contributed by atoms with Gasteiger partial charge in [0.05, 0.1) is 17.7 Å². The van der Waals surface area contributed by atoms with Crippen LogP contribution >= 0.6 is 0 Å². The Labute approximate surface area is 307 Å². The third-order valence-corrected chi connectivity index (χ3v) is 10.5. The van der Waals surface area contributed by atoms with Crippen LogP contribution in [0.4, 0.5) is 23.8 Å². The second-order valence-corrected chi connectivity index (χ2v) is 16.1. The number of hydrogen-bond donors (Lipinski definition) is 2. The number of hydrogen-bond acceptors (Lipinski definition) is 8. The van der Waals surface area contributed by atoms with Crippen LogP contribution in [0, 0.1) is 28.8 Å². The molecule has 4 heterocycles. The van der Waals surface area contributed by atoms with E-state index in [1.54, 1.807) is 30.0 Å². The first-order chi connectivity index (χ1) is 24.9. The molecule has 2 aromatic carbocycles.